The van der Waals surface area contributed by atoms with Crippen LogP contribution in [0.1, 0.15) is 5.56 Å². The van der Waals surface area contributed by atoms with Gasteiger partial charge in [-0.2, -0.15) is 0 Å². The van der Waals surface area contributed by atoms with E-state index in [9.17, 15) is 0 Å². The highest BCUT2D eigenvalue weighted by Crippen LogP contribution is 2.29. The Hall–Kier alpha value is -2.16. The summed E-state index contributed by atoms with van der Waals surface area (Å²) in [6, 6.07) is 13.6. The minimum absolute atomic E-state index is 0.773. The molecule has 0 saturated heterocycles. The van der Waals surface area contributed by atoms with Crippen molar-refractivity contribution in [2.24, 2.45) is 0 Å². The molecule has 0 bridgehead atoms. The van der Waals surface area contributed by atoms with Crippen LogP contribution in [0.15, 0.2) is 42.5 Å². The highest BCUT2D eigenvalue weighted by molar-refractivity contribution is 5.51. The number of anilines is 1. The lowest BCUT2D eigenvalue weighted by molar-refractivity contribution is 0.409. The molecule has 3 nitrogen and oxygen atoms in total. The molecule has 0 aliphatic carbocycles. The van der Waals surface area contributed by atoms with Gasteiger partial charge in [0.05, 0.1) is 7.11 Å². The molecule has 0 spiro atoms. The molecule has 0 unspecified atom stereocenters. The summed E-state index contributed by atoms with van der Waals surface area (Å²) in [7, 11) is 3.55. The second-order valence-corrected chi connectivity index (χ2v) is 4.01. The molecule has 18 heavy (non-hydrogen) atoms. The van der Waals surface area contributed by atoms with Crippen LogP contribution in [-0.2, 0) is 0 Å². The van der Waals surface area contributed by atoms with E-state index in [1.54, 1.807) is 7.11 Å². The van der Waals surface area contributed by atoms with Gasteiger partial charge in [-0.25, -0.2) is 0 Å². The molecule has 0 fully saturated rings. The van der Waals surface area contributed by atoms with Gasteiger partial charge in [-0.15, -0.1) is 0 Å². The average molecular weight is 243 g/mol. The van der Waals surface area contributed by atoms with E-state index in [0.717, 1.165) is 28.5 Å². The fourth-order valence-electron chi connectivity index (χ4n) is 1.71. The van der Waals surface area contributed by atoms with Gasteiger partial charge >= 0.3 is 0 Å². The highest BCUT2D eigenvalue weighted by Gasteiger charge is 2.03. The topological polar surface area (TPSA) is 30.5 Å². The predicted molar refractivity (Wildman–Crippen MR) is 73.8 cm³/mol. The predicted octanol–water partition coefficient (Wildman–Crippen LogP) is 3.84. The van der Waals surface area contributed by atoms with Crippen molar-refractivity contribution in [3.63, 3.8) is 0 Å². The highest BCUT2D eigenvalue weighted by atomic mass is 16.5. The Labute approximate surface area is 107 Å². The zero-order valence-electron chi connectivity index (χ0n) is 10.9. The maximum Gasteiger partial charge on any atom is 0.131 e. The Kier molecular flexibility index (Phi) is 3.72. The van der Waals surface area contributed by atoms with E-state index in [-0.39, 0.29) is 0 Å². The third kappa shape index (κ3) is 2.74. The number of rotatable bonds is 4. The summed E-state index contributed by atoms with van der Waals surface area (Å²) in [5, 5.41) is 3.10. The van der Waals surface area contributed by atoms with Gasteiger partial charge < -0.3 is 14.8 Å². The zero-order chi connectivity index (χ0) is 13.0. The molecule has 0 heterocycles. The van der Waals surface area contributed by atoms with Gasteiger partial charge in [0.25, 0.3) is 0 Å². The fourth-order valence-corrected chi connectivity index (χ4v) is 1.71. The minimum atomic E-state index is 0.773. The number of methoxy groups -OCH3 is 1. The molecular formula is C15H17NO2. The quantitative estimate of drug-likeness (QED) is 0.885. The van der Waals surface area contributed by atoms with Gasteiger partial charge in [-0.05, 0) is 42.8 Å². The van der Waals surface area contributed by atoms with E-state index in [1.165, 1.54) is 0 Å². The van der Waals surface area contributed by atoms with Crippen molar-refractivity contribution in [1.82, 2.24) is 0 Å². The van der Waals surface area contributed by atoms with Crippen LogP contribution in [0.25, 0.3) is 0 Å². The maximum absolute atomic E-state index is 5.84. The molecule has 0 atom stereocenters. The Bertz CT molecular complexity index is 538. The monoisotopic (exact) mass is 243 g/mol. The standard InChI is InChI=1S/C15H17NO2/c1-11-9-12(16-2)7-8-15(11)18-14-6-4-5-13(10-14)17-3/h4-10,16H,1-3H3. The second kappa shape index (κ2) is 5.45. The first-order valence-corrected chi connectivity index (χ1v) is 5.83. The largest absolute Gasteiger partial charge is 0.497 e. The fraction of sp³-hybridized carbons (Fsp3) is 0.200. The van der Waals surface area contributed by atoms with Crippen LogP contribution in [0.2, 0.25) is 0 Å². The van der Waals surface area contributed by atoms with Crippen molar-refractivity contribution >= 4 is 5.69 Å². The van der Waals surface area contributed by atoms with E-state index in [1.807, 2.05) is 50.4 Å². The summed E-state index contributed by atoms with van der Waals surface area (Å²) in [6.45, 7) is 2.02. The summed E-state index contributed by atoms with van der Waals surface area (Å²) in [5.74, 6) is 2.41. The van der Waals surface area contributed by atoms with Crippen LogP contribution in [0, 0.1) is 6.92 Å². The van der Waals surface area contributed by atoms with Gasteiger partial charge in [0.15, 0.2) is 0 Å². The number of aryl methyl sites for hydroxylation is 1. The van der Waals surface area contributed by atoms with Crippen molar-refractivity contribution in [2.75, 3.05) is 19.5 Å². The number of ether oxygens (including phenoxy) is 2. The SMILES string of the molecule is CNc1ccc(Oc2cccc(OC)c2)c(C)c1. The first kappa shape index (κ1) is 12.3. The molecule has 2 rings (SSSR count). The number of hydrogen-bond acceptors (Lipinski definition) is 3. The average Bonchev–Trinajstić information content (AvgIpc) is 2.41. The van der Waals surface area contributed by atoms with E-state index < -0.39 is 0 Å². The van der Waals surface area contributed by atoms with Crippen molar-refractivity contribution < 1.29 is 9.47 Å². The molecule has 0 aliphatic heterocycles. The summed E-state index contributed by atoms with van der Waals surface area (Å²) in [4.78, 5) is 0. The molecule has 94 valence electrons. The smallest absolute Gasteiger partial charge is 0.131 e. The summed E-state index contributed by atoms with van der Waals surface area (Å²) in [5.41, 5.74) is 2.16. The molecule has 2 aromatic rings. The Morgan fingerprint density at radius 3 is 2.44 bits per heavy atom. The Balaban J connectivity index is 2.22. The third-order valence-electron chi connectivity index (χ3n) is 2.73. The first-order valence-electron chi connectivity index (χ1n) is 5.83. The van der Waals surface area contributed by atoms with Gasteiger partial charge in [-0.1, -0.05) is 6.07 Å². The van der Waals surface area contributed by atoms with Crippen LogP contribution in [0.5, 0.6) is 17.2 Å². The molecule has 0 radical (unpaired) electrons. The molecule has 0 amide bonds. The molecule has 3 heteroatoms. The van der Waals surface area contributed by atoms with E-state index in [4.69, 9.17) is 9.47 Å². The second-order valence-electron chi connectivity index (χ2n) is 4.01. The molecule has 0 aromatic heterocycles. The van der Waals surface area contributed by atoms with Crippen LogP contribution >= 0.6 is 0 Å². The molecule has 0 saturated carbocycles. The van der Waals surface area contributed by atoms with Gasteiger partial charge in [0.2, 0.25) is 0 Å². The van der Waals surface area contributed by atoms with Crippen LogP contribution in [-0.4, -0.2) is 14.2 Å². The number of benzene rings is 2. The molecule has 0 aliphatic rings. The number of hydrogen-bond donors (Lipinski definition) is 1. The van der Waals surface area contributed by atoms with Crippen LogP contribution < -0.4 is 14.8 Å². The van der Waals surface area contributed by atoms with Crippen molar-refractivity contribution in [2.45, 2.75) is 6.92 Å². The number of nitrogens with one attached hydrogen (secondary N) is 1. The lowest BCUT2D eigenvalue weighted by Crippen LogP contribution is -1.92. The van der Waals surface area contributed by atoms with Crippen molar-refractivity contribution in [3.05, 3.63) is 48.0 Å². The Morgan fingerprint density at radius 1 is 1.00 bits per heavy atom. The summed E-state index contributed by atoms with van der Waals surface area (Å²) in [6.07, 6.45) is 0. The van der Waals surface area contributed by atoms with Crippen LogP contribution in [0.3, 0.4) is 0 Å². The first-order chi connectivity index (χ1) is 8.72. The van der Waals surface area contributed by atoms with Crippen molar-refractivity contribution in [1.29, 1.82) is 0 Å². The van der Waals surface area contributed by atoms with E-state index >= 15 is 0 Å². The van der Waals surface area contributed by atoms with Gasteiger partial charge in [0, 0.05) is 18.8 Å². The maximum atomic E-state index is 5.84. The molecular weight excluding hydrogens is 226 g/mol. The summed E-state index contributed by atoms with van der Waals surface area (Å²) >= 11 is 0. The zero-order valence-corrected chi connectivity index (χ0v) is 10.9. The lowest BCUT2D eigenvalue weighted by atomic mass is 10.2. The Morgan fingerprint density at radius 2 is 1.78 bits per heavy atom. The lowest BCUT2D eigenvalue weighted by Gasteiger charge is -2.11. The third-order valence-corrected chi connectivity index (χ3v) is 2.73. The van der Waals surface area contributed by atoms with E-state index in [2.05, 4.69) is 11.4 Å². The normalized spacial score (nSPS) is 9.94. The van der Waals surface area contributed by atoms with Crippen molar-refractivity contribution in [3.8, 4) is 17.2 Å². The van der Waals surface area contributed by atoms with Crippen LogP contribution in [0.4, 0.5) is 5.69 Å². The minimum Gasteiger partial charge on any atom is -0.497 e. The van der Waals surface area contributed by atoms with E-state index in [0.29, 0.717) is 0 Å². The molecule has 1 N–H and O–H groups in total. The van der Waals surface area contributed by atoms with Gasteiger partial charge in [0.1, 0.15) is 17.2 Å². The molecule has 2 aromatic carbocycles. The van der Waals surface area contributed by atoms with Gasteiger partial charge in [-0.3, -0.25) is 0 Å². The summed E-state index contributed by atoms with van der Waals surface area (Å²) < 4.78 is 11.0.